The van der Waals surface area contributed by atoms with Gasteiger partial charge in [-0.1, -0.05) is 19.1 Å². The van der Waals surface area contributed by atoms with Gasteiger partial charge in [0.2, 0.25) is 0 Å². The molecule has 0 unspecified atom stereocenters. The largest absolute Gasteiger partial charge is 0.380 e. The standard InChI is InChI=1S/C11H22N4O/c1-10(2)4-3-6-16-7-5-15-9-11(8-12)13-14-15/h9-10H,3-8,12H2,1-2H3. The molecule has 16 heavy (non-hydrogen) atoms. The second-order valence-electron chi connectivity index (χ2n) is 4.33. The Kier molecular flexibility index (Phi) is 6.03. The average molecular weight is 226 g/mol. The highest BCUT2D eigenvalue weighted by atomic mass is 16.5. The Morgan fingerprint density at radius 1 is 1.44 bits per heavy atom. The molecule has 5 heteroatoms. The number of nitrogens with zero attached hydrogens (tertiary/aromatic N) is 3. The second kappa shape index (κ2) is 7.35. The molecule has 0 radical (unpaired) electrons. The first kappa shape index (κ1) is 13.1. The van der Waals surface area contributed by atoms with Crippen LogP contribution in [0.25, 0.3) is 0 Å². The van der Waals surface area contributed by atoms with Gasteiger partial charge in [0.1, 0.15) is 0 Å². The molecule has 1 heterocycles. The van der Waals surface area contributed by atoms with Crippen molar-refractivity contribution in [3.05, 3.63) is 11.9 Å². The molecule has 0 fully saturated rings. The van der Waals surface area contributed by atoms with Crippen LogP contribution in [0, 0.1) is 5.92 Å². The number of ether oxygens (including phenoxy) is 1. The molecule has 1 aromatic rings. The van der Waals surface area contributed by atoms with Crippen LogP contribution in [0.2, 0.25) is 0 Å². The molecule has 0 amide bonds. The van der Waals surface area contributed by atoms with Crippen molar-refractivity contribution in [1.29, 1.82) is 0 Å². The van der Waals surface area contributed by atoms with Gasteiger partial charge in [-0.15, -0.1) is 5.10 Å². The van der Waals surface area contributed by atoms with E-state index in [4.69, 9.17) is 10.5 Å². The summed E-state index contributed by atoms with van der Waals surface area (Å²) in [6.07, 6.45) is 4.21. The zero-order chi connectivity index (χ0) is 11.8. The molecule has 0 aromatic carbocycles. The lowest BCUT2D eigenvalue weighted by Crippen LogP contribution is -2.07. The van der Waals surface area contributed by atoms with Gasteiger partial charge in [0.25, 0.3) is 0 Å². The fourth-order valence-corrected chi connectivity index (χ4v) is 1.40. The maximum Gasteiger partial charge on any atom is 0.0962 e. The summed E-state index contributed by atoms with van der Waals surface area (Å²) in [4.78, 5) is 0. The molecule has 92 valence electrons. The Balaban J connectivity index is 2.02. The molecule has 0 atom stereocenters. The van der Waals surface area contributed by atoms with Crippen LogP contribution in [-0.2, 0) is 17.8 Å². The van der Waals surface area contributed by atoms with E-state index < -0.39 is 0 Å². The first-order chi connectivity index (χ1) is 7.72. The lowest BCUT2D eigenvalue weighted by Gasteiger charge is -2.05. The highest BCUT2D eigenvalue weighted by molar-refractivity contribution is 4.90. The zero-order valence-corrected chi connectivity index (χ0v) is 10.2. The third-order valence-electron chi connectivity index (χ3n) is 2.33. The van der Waals surface area contributed by atoms with E-state index in [1.807, 2.05) is 6.20 Å². The van der Waals surface area contributed by atoms with Crippen molar-refractivity contribution >= 4 is 0 Å². The summed E-state index contributed by atoms with van der Waals surface area (Å²) in [5.74, 6) is 0.756. The summed E-state index contributed by atoms with van der Waals surface area (Å²) in [5.41, 5.74) is 6.26. The third-order valence-corrected chi connectivity index (χ3v) is 2.33. The molecule has 0 saturated heterocycles. The number of hydrogen-bond acceptors (Lipinski definition) is 4. The molecule has 2 N–H and O–H groups in total. The molecule has 0 aliphatic heterocycles. The number of rotatable bonds is 8. The van der Waals surface area contributed by atoms with Crippen LogP contribution in [0.1, 0.15) is 32.4 Å². The molecule has 0 aliphatic rings. The summed E-state index contributed by atoms with van der Waals surface area (Å²) in [6, 6.07) is 0. The maximum atomic E-state index is 5.51. The van der Waals surface area contributed by atoms with Gasteiger partial charge >= 0.3 is 0 Å². The molecule has 0 bridgehead atoms. The van der Waals surface area contributed by atoms with Crippen molar-refractivity contribution in [2.24, 2.45) is 11.7 Å². The topological polar surface area (TPSA) is 66.0 Å². The molecular formula is C11H22N4O. The molecule has 1 rings (SSSR count). The van der Waals surface area contributed by atoms with Crippen LogP contribution < -0.4 is 5.73 Å². The van der Waals surface area contributed by atoms with E-state index in [2.05, 4.69) is 24.2 Å². The average Bonchev–Trinajstić information content (AvgIpc) is 2.70. The van der Waals surface area contributed by atoms with E-state index in [0.29, 0.717) is 13.2 Å². The van der Waals surface area contributed by atoms with E-state index in [1.165, 1.54) is 6.42 Å². The smallest absolute Gasteiger partial charge is 0.0962 e. The third kappa shape index (κ3) is 5.23. The monoisotopic (exact) mass is 226 g/mol. The predicted molar refractivity (Wildman–Crippen MR) is 62.8 cm³/mol. The quantitative estimate of drug-likeness (QED) is 0.676. The molecule has 1 aromatic heterocycles. The van der Waals surface area contributed by atoms with Crippen molar-refractivity contribution in [3.63, 3.8) is 0 Å². The summed E-state index contributed by atoms with van der Waals surface area (Å²) >= 11 is 0. The SMILES string of the molecule is CC(C)CCCOCCn1cc(CN)nn1. The Labute approximate surface area is 97.0 Å². The lowest BCUT2D eigenvalue weighted by atomic mass is 10.1. The van der Waals surface area contributed by atoms with Gasteiger partial charge in [0.15, 0.2) is 0 Å². The summed E-state index contributed by atoms with van der Waals surface area (Å²) in [5, 5.41) is 7.85. The van der Waals surface area contributed by atoms with E-state index in [-0.39, 0.29) is 0 Å². The zero-order valence-electron chi connectivity index (χ0n) is 10.2. The van der Waals surface area contributed by atoms with Gasteiger partial charge in [0.05, 0.1) is 18.8 Å². The van der Waals surface area contributed by atoms with Crippen molar-refractivity contribution < 1.29 is 4.74 Å². The van der Waals surface area contributed by atoms with Gasteiger partial charge < -0.3 is 10.5 Å². The Bertz CT molecular complexity index is 285. The summed E-state index contributed by atoms with van der Waals surface area (Å²) < 4.78 is 7.28. The van der Waals surface area contributed by atoms with Gasteiger partial charge in [-0.3, -0.25) is 0 Å². The van der Waals surface area contributed by atoms with Crippen molar-refractivity contribution in [3.8, 4) is 0 Å². The number of hydrogen-bond donors (Lipinski definition) is 1. The first-order valence-corrected chi connectivity index (χ1v) is 5.89. The molecule has 0 saturated carbocycles. The second-order valence-corrected chi connectivity index (χ2v) is 4.33. The fourth-order valence-electron chi connectivity index (χ4n) is 1.40. The van der Waals surface area contributed by atoms with Crippen LogP contribution >= 0.6 is 0 Å². The highest BCUT2D eigenvalue weighted by Crippen LogP contribution is 2.03. The van der Waals surface area contributed by atoms with Crippen LogP contribution in [-0.4, -0.2) is 28.2 Å². The van der Waals surface area contributed by atoms with Crippen molar-refractivity contribution in [2.45, 2.75) is 39.8 Å². The maximum absolute atomic E-state index is 5.51. The van der Waals surface area contributed by atoms with E-state index in [9.17, 15) is 0 Å². The Morgan fingerprint density at radius 2 is 2.25 bits per heavy atom. The number of nitrogens with two attached hydrogens (primary N) is 1. The first-order valence-electron chi connectivity index (χ1n) is 5.89. The molecule has 5 nitrogen and oxygen atoms in total. The van der Waals surface area contributed by atoms with E-state index in [1.54, 1.807) is 4.68 Å². The summed E-state index contributed by atoms with van der Waals surface area (Å²) in [6.45, 7) is 7.15. The Morgan fingerprint density at radius 3 is 2.88 bits per heavy atom. The summed E-state index contributed by atoms with van der Waals surface area (Å²) in [7, 11) is 0. The predicted octanol–water partition coefficient (Wildman–Crippen LogP) is 1.19. The highest BCUT2D eigenvalue weighted by Gasteiger charge is 1.98. The minimum Gasteiger partial charge on any atom is -0.380 e. The molecular weight excluding hydrogens is 204 g/mol. The number of aromatic nitrogens is 3. The minimum atomic E-state index is 0.440. The van der Waals surface area contributed by atoms with Gasteiger partial charge in [-0.25, -0.2) is 4.68 Å². The van der Waals surface area contributed by atoms with Crippen LogP contribution in [0.15, 0.2) is 6.20 Å². The van der Waals surface area contributed by atoms with Gasteiger partial charge in [-0.05, 0) is 18.8 Å². The van der Waals surface area contributed by atoms with Crippen LogP contribution in [0.3, 0.4) is 0 Å². The van der Waals surface area contributed by atoms with E-state index >= 15 is 0 Å². The minimum absolute atomic E-state index is 0.440. The fraction of sp³-hybridized carbons (Fsp3) is 0.818. The van der Waals surface area contributed by atoms with Gasteiger partial charge in [0, 0.05) is 19.3 Å². The normalized spacial score (nSPS) is 11.2. The van der Waals surface area contributed by atoms with Crippen molar-refractivity contribution in [1.82, 2.24) is 15.0 Å². The van der Waals surface area contributed by atoms with E-state index in [0.717, 1.165) is 31.2 Å². The Hall–Kier alpha value is -0.940. The van der Waals surface area contributed by atoms with Crippen molar-refractivity contribution in [2.75, 3.05) is 13.2 Å². The van der Waals surface area contributed by atoms with Gasteiger partial charge in [-0.2, -0.15) is 0 Å². The van der Waals surface area contributed by atoms with Crippen LogP contribution in [0.5, 0.6) is 0 Å². The molecule has 0 spiro atoms. The lowest BCUT2D eigenvalue weighted by molar-refractivity contribution is 0.117. The van der Waals surface area contributed by atoms with Crippen LogP contribution in [0.4, 0.5) is 0 Å². The molecule has 0 aliphatic carbocycles.